The maximum absolute atomic E-state index is 14.4. The molecule has 0 radical (unpaired) electrons. The van der Waals surface area contributed by atoms with Crippen LogP contribution in [0.3, 0.4) is 0 Å². The molecule has 2 heterocycles. The average Bonchev–Trinajstić information content (AvgIpc) is 3.24. The first-order valence-electron chi connectivity index (χ1n) is 9.37. The molecule has 1 fully saturated rings. The minimum Gasteiger partial charge on any atom is -0.408 e. The van der Waals surface area contributed by atoms with Crippen molar-refractivity contribution in [3.05, 3.63) is 65.8 Å². The molecule has 1 aliphatic rings. The zero-order valence-corrected chi connectivity index (χ0v) is 15.6. The van der Waals surface area contributed by atoms with E-state index in [1.165, 1.54) is 6.07 Å². The van der Waals surface area contributed by atoms with E-state index in [4.69, 9.17) is 4.42 Å². The molecule has 1 amide bonds. The molecule has 1 aliphatic heterocycles. The van der Waals surface area contributed by atoms with Crippen molar-refractivity contribution in [2.75, 3.05) is 31.1 Å². The highest BCUT2D eigenvalue weighted by atomic mass is 19.1. The van der Waals surface area contributed by atoms with Crippen molar-refractivity contribution in [3.63, 3.8) is 0 Å². The molecule has 0 N–H and O–H groups in total. The first-order valence-corrected chi connectivity index (χ1v) is 9.37. The van der Waals surface area contributed by atoms with E-state index in [0.29, 0.717) is 44.5 Å². The van der Waals surface area contributed by atoms with Crippen molar-refractivity contribution in [1.82, 2.24) is 15.1 Å². The Hall–Kier alpha value is -3.22. The summed E-state index contributed by atoms with van der Waals surface area (Å²) in [5, 5.41) is 8.02. The number of hydrogen-bond donors (Lipinski definition) is 0. The Kier molecular flexibility index (Phi) is 5.06. The Morgan fingerprint density at radius 1 is 1.04 bits per heavy atom. The van der Waals surface area contributed by atoms with E-state index in [0.717, 1.165) is 11.1 Å². The van der Waals surface area contributed by atoms with Crippen molar-refractivity contribution >= 4 is 11.9 Å². The lowest BCUT2D eigenvalue weighted by atomic mass is 10.0. The summed E-state index contributed by atoms with van der Waals surface area (Å²) >= 11 is 0. The Morgan fingerprint density at radius 2 is 1.79 bits per heavy atom. The van der Waals surface area contributed by atoms with Gasteiger partial charge in [-0.25, -0.2) is 4.39 Å². The number of nitrogens with zero attached hydrogens (tertiary/aromatic N) is 4. The van der Waals surface area contributed by atoms with Gasteiger partial charge >= 0.3 is 6.01 Å². The lowest BCUT2D eigenvalue weighted by Crippen LogP contribution is -2.49. The Labute approximate surface area is 162 Å². The van der Waals surface area contributed by atoms with Gasteiger partial charge in [0.15, 0.2) is 0 Å². The van der Waals surface area contributed by atoms with Crippen LogP contribution in [0.2, 0.25) is 0 Å². The first-order chi connectivity index (χ1) is 13.7. The number of halogens is 1. The molecule has 6 nitrogen and oxygen atoms in total. The zero-order chi connectivity index (χ0) is 19.5. The summed E-state index contributed by atoms with van der Waals surface area (Å²) in [6.45, 7) is 4.02. The van der Waals surface area contributed by atoms with Crippen LogP contribution in [0.15, 0.2) is 52.9 Å². The van der Waals surface area contributed by atoms with Gasteiger partial charge in [0.25, 0.3) is 5.91 Å². The fraction of sp³-hybridized carbons (Fsp3) is 0.286. The smallest absolute Gasteiger partial charge is 0.318 e. The molecule has 2 aromatic carbocycles. The van der Waals surface area contributed by atoms with Gasteiger partial charge in [0.1, 0.15) is 5.82 Å². The summed E-state index contributed by atoms with van der Waals surface area (Å²) in [4.78, 5) is 16.5. The average molecular weight is 380 g/mol. The standard InChI is InChI=1S/C21H21FN4O2/c1-2-19-23-24-21(28-19)26-12-10-25(11-13-26)20(27)17-14-16(8-9-18(17)22)15-6-4-3-5-7-15/h3-9,14H,2,10-13H2,1H3. The monoisotopic (exact) mass is 380 g/mol. The minimum absolute atomic E-state index is 0.0980. The third-order valence-electron chi connectivity index (χ3n) is 4.90. The van der Waals surface area contributed by atoms with Crippen molar-refractivity contribution in [2.24, 2.45) is 0 Å². The number of amides is 1. The normalized spacial score (nSPS) is 14.4. The Morgan fingerprint density at radius 3 is 2.46 bits per heavy atom. The molecule has 4 rings (SSSR count). The van der Waals surface area contributed by atoms with Crippen LogP contribution >= 0.6 is 0 Å². The number of hydrogen-bond acceptors (Lipinski definition) is 5. The SMILES string of the molecule is CCc1nnc(N2CCN(C(=O)c3cc(-c4ccccc4)ccc3F)CC2)o1. The predicted octanol–water partition coefficient (Wildman–Crippen LogP) is 3.40. The highest BCUT2D eigenvalue weighted by molar-refractivity contribution is 5.96. The minimum atomic E-state index is -0.503. The van der Waals surface area contributed by atoms with Crippen LogP contribution in [0.1, 0.15) is 23.2 Å². The van der Waals surface area contributed by atoms with E-state index in [9.17, 15) is 9.18 Å². The molecule has 0 spiro atoms. The Bertz CT molecular complexity index is 966. The van der Waals surface area contributed by atoms with Crippen LogP contribution in [0.5, 0.6) is 0 Å². The highest BCUT2D eigenvalue weighted by Gasteiger charge is 2.26. The van der Waals surface area contributed by atoms with E-state index in [1.807, 2.05) is 42.2 Å². The molecule has 3 aromatic rings. The van der Waals surface area contributed by atoms with Crippen molar-refractivity contribution in [3.8, 4) is 11.1 Å². The van der Waals surface area contributed by atoms with Gasteiger partial charge in [-0.1, -0.05) is 48.4 Å². The van der Waals surface area contributed by atoms with Crippen LogP contribution < -0.4 is 4.90 Å². The summed E-state index contributed by atoms with van der Waals surface area (Å²) in [6, 6.07) is 14.8. The van der Waals surface area contributed by atoms with Gasteiger partial charge in [-0.05, 0) is 23.3 Å². The Balaban J connectivity index is 1.48. The van der Waals surface area contributed by atoms with Gasteiger partial charge < -0.3 is 14.2 Å². The summed E-state index contributed by atoms with van der Waals surface area (Å²) in [7, 11) is 0. The lowest BCUT2D eigenvalue weighted by molar-refractivity contribution is 0.0740. The highest BCUT2D eigenvalue weighted by Crippen LogP contribution is 2.23. The second-order valence-corrected chi connectivity index (χ2v) is 6.67. The molecule has 1 aromatic heterocycles. The van der Waals surface area contributed by atoms with E-state index in [1.54, 1.807) is 17.0 Å². The molecule has 28 heavy (non-hydrogen) atoms. The molecular formula is C21H21FN4O2. The van der Waals surface area contributed by atoms with Crippen molar-refractivity contribution in [2.45, 2.75) is 13.3 Å². The third kappa shape index (κ3) is 3.60. The van der Waals surface area contributed by atoms with E-state index < -0.39 is 5.82 Å². The van der Waals surface area contributed by atoms with E-state index in [-0.39, 0.29) is 11.5 Å². The second kappa shape index (κ2) is 7.80. The maximum atomic E-state index is 14.4. The van der Waals surface area contributed by atoms with Gasteiger partial charge in [-0.15, -0.1) is 5.10 Å². The van der Waals surface area contributed by atoms with Gasteiger partial charge in [-0.3, -0.25) is 4.79 Å². The largest absolute Gasteiger partial charge is 0.408 e. The van der Waals surface area contributed by atoms with Crippen LogP contribution in [0.25, 0.3) is 11.1 Å². The van der Waals surface area contributed by atoms with Crippen molar-refractivity contribution in [1.29, 1.82) is 0 Å². The second-order valence-electron chi connectivity index (χ2n) is 6.67. The van der Waals surface area contributed by atoms with Gasteiger partial charge in [-0.2, -0.15) is 0 Å². The maximum Gasteiger partial charge on any atom is 0.318 e. The van der Waals surface area contributed by atoms with Crippen LogP contribution in [0, 0.1) is 5.82 Å². The summed E-state index contributed by atoms with van der Waals surface area (Å²) in [6.07, 6.45) is 0.683. The molecular weight excluding hydrogens is 359 g/mol. The number of carbonyl (C=O) groups excluding carboxylic acids is 1. The molecule has 0 atom stereocenters. The number of benzene rings is 2. The summed E-state index contributed by atoms with van der Waals surface area (Å²) in [5.41, 5.74) is 1.87. The number of rotatable bonds is 4. The third-order valence-corrected chi connectivity index (χ3v) is 4.90. The van der Waals surface area contributed by atoms with Crippen LogP contribution in [-0.2, 0) is 6.42 Å². The van der Waals surface area contributed by atoms with Crippen molar-refractivity contribution < 1.29 is 13.6 Å². The zero-order valence-electron chi connectivity index (χ0n) is 15.6. The number of anilines is 1. The molecule has 1 saturated heterocycles. The van der Waals surface area contributed by atoms with E-state index in [2.05, 4.69) is 10.2 Å². The molecule has 144 valence electrons. The van der Waals surface area contributed by atoms with Gasteiger partial charge in [0.2, 0.25) is 5.89 Å². The number of aryl methyl sites for hydroxylation is 1. The van der Waals surface area contributed by atoms with E-state index >= 15 is 0 Å². The number of carbonyl (C=O) groups is 1. The molecule has 0 saturated carbocycles. The van der Waals surface area contributed by atoms with Gasteiger partial charge in [0.05, 0.1) is 5.56 Å². The summed E-state index contributed by atoms with van der Waals surface area (Å²) in [5.74, 6) is -0.209. The fourth-order valence-corrected chi connectivity index (χ4v) is 3.29. The molecule has 0 unspecified atom stereocenters. The lowest BCUT2D eigenvalue weighted by Gasteiger charge is -2.33. The molecule has 0 bridgehead atoms. The quantitative estimate of drug-likeness (QED) is 0.694. The number of aromatic nitrogens is 2. The topological polar surface area (TPSA) is 62.5 Å². The van der Waals surface area contributed by atoms with Crippen LogP contribution in [0.4, 0.5) is 10.4 Å². The summed E-state index contributed by atoms with van der Waals surface area (Å²) < 4.78 is 20.0. The fourth-order valence-electron chi connectivity index (χ4n) is 3.29. The van der Waals surface area contributed by atoms with Crippen LogP contribution in [-0.4, -0.2) is 47.2 Å². The molecule has 7 heteroatoms. The first kappa shape index (κ1) is 18.2. The predicted molar refractivity (Wildman–Crippen MR) is 104 cm³/mol. The van der Waals surface area contributed by atoms with Gasteiger partial charge in [0, 0.05) is 32.6 Å². The number of piperazine rings is 1. The molecule has 0 aliphatic carbocycles.